The summed E-state index contributed by atoms with van der Waals surface area (Å²) < 4.78 is 69.3. The van der Waals surface area contributed by atoms with Gasteiger partial charge in [0.2, 0.25) is 20.0 Å². The molecule has 1 aromatic heterocycles. The Labute approximate surface area is 218 Å². The van der Waals surface area contributed by atoms with E-state index in [-0.39, 0.29) is 35.3 Å². The molecule has 0 radical (unpaired) electrons. The van der Waals surface area contributed by atoms with Gasteiger partial charge in [-0.3, -0.25) is 0 Å². The fourth-order valence-corrected chi connectivity index (χ4v) is 5.80. The van der Waals surface area contributed by atoms with E-state index in [0.29, 0.717) is 17.3 Å². The summed E-state index contributed by atoms with van der Waals surface area (Å²) in [5, 5.41) is 0.659. The minimum Gasteiger partial charge on any atom is -0.338 e. The van der Waals surface area contributed by atoms with Crippen molar-refractivity contribution in [3.63, 3.8) is 0 Å². The van der Waals surface area contributed by atoms with Crippen LogP contribution in [-0.4, -0.2) is 64.7 Å². The van der Waals surface area contributed by atoms with Crippen molar-refractivity contribution in [3.05, 3.63) is 71.2 Å². The third-order valence-electron chi connectivity index (χ3n) is 5.91. The molecule has 3 rings (SSSR count). The van der Waals surface area contributed by atoms with Crippen molar-refractivity contribution in [1.29, 1.82) is 0 Å². The molecule has 0 atom stereocenters. The van der Waals surface area contributed by atoms with Crippen molar-refractivity contribution in [2.24, 2.45) is 5.73 Å². The van der Waals surface area contributed by atoms with Gasteiger partial charge in [-0.05, 0) is 60.9 Å². The summed E-state index contributed by atoms with van der Waals surface area (Å²) in [6.45, 7) is 1.86. The van der Waals surface area contributed by atoms with E-state index in [1.165, 1.54) is 46.4 Å². The number of rotatable bonds is 9. The van der Waals surface area contributed by atoms with Gasteiger partial charge in [0.25, 0.3) is 0 Å². The molecule has 0 aliphatic heterocycles. The highest BCUT2D eigenvalue weighted by molar-refractivity contribution is 7.89. The van der Waals surface area contributed by atoms with Crippen LogP contribution in [-0.2, 0) is 33.0 Å². The maximum absolute atomic E-state index is 14.5. The first-order valence-electron chi connectivity index (χ1n) is 10.9. The lowest BCUT2D eigenvalue weighted by Gasteiger charge is -2.13. The Balaban J connectivity index is 0.00000456. The van der Waals surface area contributed by atoms with Crippen LogP contribution < -0.4 is 5.73 Å². The molecular weight excluding hydrogens is 527 g/mol. The van der Waals surface area contributed by atoms with Crippen LogP contribution >= 0.6 is 12.4 Å². The number of nitrogens with two attached hydrogens (primary N) is 1. The minimum absolute atomic E-state index is 0. The molecule has 0 saturated carbocycles. The van der Waals surface area contributed by atoms with Gasteiger partial charge in [-0.1, -0.05) is 12.1 Å². The maximum Gasteiger partial charge on any atom is 0.242 e. The zero-order valence-electron chi connectivity index (χ0n) is 20.9. The summed E-state index contributed by atoms with van der Waals surface area (Å²) in [6, 6.07) is 11.4. The molecule has 2 N–H and O–H groups in total. The Bertz CT molecular complexity index is 1500. The summed E-state index contributed by atoms with van der Waals surface area (Å²) >= 11 is 0. The lowest BCUT2D eigenvalue weighted by Crippen LogP contribution is -2.22. The summed E-state index contributed by atoms with van der Waals surface area (Å²) in [7, 11) is -1.46. The minimum atomic E-state index is -3.69. The number of fused-ring (bicyclic) bond motifs is 1. The van der Waals surface area contributed by atoms with Crippen LogP contribution in [0.4, 0.5) is 4.39 Å². The standard InChI is InChI=1S/C24H31FN4O4S2.ClH/c1-17-22(14-18-7-6-8-20(13-18)34(30,31)27(2)3)23-15-21(35(32,33)28(4)5)9-10-24(23)29(17)16-19(25)11-12-26;/h6-11,13,15H,12,14,16,26H2,1-5H3;1H/b19-11-;. The number of allylic oxidation sites excluding steroid dienone is 1. The van der Waals surface area contributed by atoms with Crippen LogP contribution in [0.2, 0.25) is 0 Å². The van der Waals surface area contributed by atoms with Crippen molar-refractivity contribution < 1.29 is 21.2 Å². The third-order valence-corrected chi connectivity index (χ3v) is 9.53. The number of nitrogens with zero attached hydrogens (tertiary/aromatic N) is 3. The van der Waals surface area contributed by atoms with E-state index >= 15 is 0 Å². The lowest BCUT2D eigenvalue weighted by molar-refractivity contribution is 0.519. The summed E-state index contributed by atoms with van der Waals surface area (Å²) in [6.07, 6.45) is 1.63. The Morgan fingerprint density at radius 3 is 2.11 bits per heavy atom. The number of aromatic nitrogens is 1. The predicted octanol–water partition coefficient (Wildman–Crippen LogP) is 3.28. The van der Waals surface area contributed by atoms with E-state index in [9.17, 15) is 21.2 Å². The van der Waals surface area contributed by atoms with Gasteiger partial charge in [-0.15, -0.1) is 12.4 Å². The van der Waals surface area contributed by atoms with Gasteiger partial charge in [-0.25, -0.2) is 29.8 Å². The monoisotopic (exact) mass is 558 g/mol. The van der Waals surface area contributed by atoms with Crippen LogP contribution in [0, 0.1) is 6.92 Å². The average Bonchev–Trinajstić information content (AvgIpc) is 3.04. The molecule has 3 aromatic rings. The fraction of sp³-hybridized carbons (Fsp3) is 0.333. The molecule has 0 aliphatic carbocycles. The van der Waals surface area contributed by atoms with Crippen LogP contribution in [0.3, 0.4) is 0 Å². The molecule has 0 bridgehead atoms. The van der Waals surface area contributed by atoms with E-state index in [1.54, 1.807) is 28.8 Å². The molecule has 0 aliphatic rings. The molecule has 2 aromatic carbocycles. The largest absolute Gasteiger partial charge is 0.338 e. The molecule has 1 heterocycles. The molecule has 0 unspecified atom stereocenters. The van der Waals surface area contributed by atoms with E-state index < -0.39 is 25.9 Å². The normalized spacial score (nSPS) is 13.0. The summed E-state index contributed by atoms with van der Waals surface area (Å²) in [5.41, 5.74) is 8.40. The topological polar surface area (TPSA) is 106 Å². The highest BCUT2D eigenvalue weighted by Crippen LogP contribution is 2.32. The highest BCUT2D eigenvalue weighted by Gasteiger charge is 2.22. The fourth-order valence-electron chi connectivity index (χ4n) is 3.90. The number of sulfonamides is 2. The van der Waals surface area contributed by atoms with Gasteiger partial charge in [-0.2, -0.15) is 0 Å². The second-order valence-corrected chi connectivity index (χ2v) is 12.9. The van der Waals surface area contributed by atoms with Gasteiger partial charge in [0.15, 0.2) is 0 Å². The molecule has 0 fully saturated rings. The van der Waals surface area contributed by atoms with Crippen molar-refractivity contribution in [1.82, 2.24) is 13.2 Å². The molecule has 0 saturated heterocycles. The quantitative estimate of drug-likeness (QED) is 0.434. The first-order chi connectivity index (χ1) is 16.3. The SMILES string of the molecule is Cc1c(Cc2cccc(S(=O)(=O)N(C)C)c2)c2cc(S(=O)(=O)N(C)C)ccc2n1C/C(F)=C/CN.Cl. The summed E-state index contributed by atoms with van der Waals surface area (Å²) in [5.74, 6) is -0.400. The van der Waals surface area contributed by atoms with Crippen LogP contribution in [0.5, 0.6) is 0 Å². The number of halogens is 2. The highest BCUT2D eigenvalue weighted by atomic mass is 35.5. The molecule has 36 heavy (non-hydrogen) atoms. The second kappa shape index (κ2) is 11.4. The number of hydrogen-bond donors (Lipinski definition) is 1. The molecule has 0 amide bonds. The van der Waals surface area contributed by atoms with Crippen molar-refractivity contribution in [2.75, 3.05) is 34.7 Å². The van der Waals surface area contributed by atoms with E-state index in [2.05, 4.69) is 0 Å². The predicted molar refractivity (Wildman–Crippen MR) is 143 cm³/mol. The molecule has 8 nitrogen and oxygen atoms in total. The lowest BCUT2D eigenvalue weighted by atomic mass is 10.0. The average molecular weight is 559 g/mol. The van der Waals surface area contributed by atoms with E-state index in [1.807, 2.05) is 13.0 Å². The number of hydrogen-bond acceptors (Lipinski definition) is 5. The van der Waals surface area contributed by atoms with Crippen molar-refractivity contribution in [3.8, 4) is 0 Å². The Morgan fingerprint density at radius 2 is 1.56 bits per heavy atom. The van der Waals surface area contributed by atoms with Crippen molar-refractivity contribution >= 4 is 43.4 Å². The van der Waals surface area contributed by atoms with Crippen LogP contribution in [0.1, 0.15) is 16.8 Å². The third kappa shape index (κ3) is 5.82. The Morgan fingerprint density at radius 1 is 0.972 bits per heavy atom. The second-order valence-electron chi connectivity index (χ2n) is 8.61. The zero-order valence-corrected chi connectivity index (χ0v) is 23.3. The Kier molecular flexibility index (Phi) is 9.49. The first-order valence-corrected chi connectivity index (χ1v) is 13.8. The molecule has 198 valence electrons. The number of benzene rings is 2. The van der Waals surface area contributed by atoms with Crippen LogP contribution in [0.25, 0.3) is 10.9 Å². The van der Waals surface area contributed by atoms with Gasteiger partial charge in [0, 0.05) is 51.3 Å². The maximum atomic E-state index is 14.5. The van der Waals surface area contributed by atoms with E-state index in [0.717, 1.165) is 25.4 Å². The van der Waals surface area contributed by atoms with Gasteiger partial charge in [0.1, 0.15) is 5.83 Å². The first kappa shape index (κ1) is 29.9. The van der Waals surface area contributed by atoms with Gasteiger partial charge >= 0.3 is 0 Å². The molecule has 12 heteroatoms. The Hall–Kier alpha value is -2.28. The van der Waals surface area contributed by atoms with Crippen LogP contribution in [0.15, 0.2) is 64.2 Å². The molecule has 0 spiro atoms. The van der Waals surface area contributed by atoms with Crippen molar-refractivity contribution in [2.45, 2.75) is 29.7 Å². The smallest absolute Gasteiger partial charge is 0.242 e. The van der Waals surface area contributed by atoms with Gasteiger partial charge < -0.3 is 10.3 Å². The van der Waals surface area contributed by atoms with E-state index in [4.69, 9.17) is 5.73 Å². The summed E-state index contributed by atoms with van der Waals surface area (Å²) in [4.78, 5) is 0.282. The zero-order chi connectivity index (χ0) is 26.1. The van der Waals surface area contributed by atoms with Gasteiger partial charge in [0.05, 0.1) is 16.3 Å². The molecular formula is C24H32ClFN4O4S2.